The second-order valence-electron chi connectivity index (χ2n) is 8.34. The number of piperidine rings is 1. The van der Waals surface area contributed by atoms with Crippen molar-refractivity contribution in [3.8, 4) is 0 Å². The Bertz CT molecular complexity index is 900. The van der Waals surface area contributed by atoms with Gasteiger partial charge in [-0.1, -0.05) is 0 Å². The first-order valence-electron chi connectivity index (χ1n) is 10.0. The van der Waals surface area contributed by atoms with Crippen LogP contribution in [0.1, 0.15) is 35.2 Å². The maximum absolute atomic E-state index is 14.9. The fourth-order valence-electron chi connectivity index (χ4n) is 5.26. The lowest BCUT2D eigenvalue weighted by atomic mass is 9.97. The van der Waals surface area contributed by atoms with Crippen molar-refractivity contribution in [2.24, 2.45) is 0 Å². The number of rotatable bonds is 4. The third-order valence-electron chi connectivity index (χ3n) is 6.75. The van der Waals surface area contributed by atoms with Crippen molar-refractivity contribution < 1.29 is 23.2 Å². The Kier molecular flexibility index (Phi) is 4.40. The molecule has 2 N–H and O–H groups in total. The molecule has 0 spiro atoms. The molecule has 4 aliphatic rings. The maximum atomic E-state index is 14.9. The third-order valence-corrected chi connectivity index (χ3v) is 6.75. The average Bonchev–Trinajstić information content (AvgIpc) is 3.44. The van der Waals surface area contributed by atoms with Gasteiger partial charge in [0.2, 0.25) is 5.78 Å². The zero-order valence-corrected chi connectivity index (χ0v) is 15.8. The summed E-state index contributed by atoms with van der Waals surface area (Å²) in [4.78, 5) is 38.8. The summed E-state index contributed by atoms with van der Waals surface area (Å²) in [5.74, 6) is -2.69. The van der Waals surface area contributed by atoms with Gasteiger partial charge in [0, 0.05) is 55.4 Å². The highest BCUT2D eigenvalue weighted by molar-refractivity contribution is 6.27. The highest BCUT2D eigenvalue weighted by atomic mass is 19.2. The molecule has 4 unspecified atom stereocenters. The number of fused-ring (bicyclic) bond motifs is 3. The lowest BCUT2D eigenvalue weighted by Gasteiger charge is -2.34. The van der Waals surface area contributed by atoms with Gasteiger partial charge in [-0.3, -0.25) is 14.4 Å². The normalized spacial score (nSPS) is 30.8. The molecule has 4 heterocycles. The molecule has 5 rings (SSSR count). The van der Waals surface area contributed by atoms with Crippen molar-refractivity contribution in [1.82, 2.24) is 15.5 Å². The minimum atomic E-state index is -0.997. The third kappa shape index (κ3) is 2.86. The Morgan fingerprint density at radius 3 is 2.55 bits per heavy atom. The molecule has 9 heteroatoms. The zero-order valence-electron chi connectivity index (χ0n) is 15.8. The number of Topliss-reactive ketones (excluding diaryl/α,β-unsaturated/α-hetero) is 1. The molecule has 1 aromatic rings. The minimum Gasteiger partial charge on any atom is -0.363 e. The van der Waals surface area contributed by atoms with Crippen molar-refractivity contribution in [2.75, 3.05) is 24.5 Å². The Hall–Kier alpha value is -2.39. The molecule has 4 aliphatic heterocycles. The van der Waals surface area contributed by atoms with E-state index in [0.717, 1.165) is 19.0 Å². The van der Waals surface area contributed by atoms with Crippen LogP contribution in [0.5, 0.6) is 0 Å². The first kappa shape index (κ1) is 18.6. The Morgan fingerprint density at radius 1 is 1.14 bits per heavy atom. The molecule has 2 bridgehead atoms. The number of ketones is 1. The molecule has 3 fully saturated rings. The van der Waals surface area contributed by atoms with Gasteiger partial charge < -0.3 is 20.4 Å². The van der Waals surface area contributed by atoms with Crippen molar-refractivity contribution in [2.45, 2.75) is 50.0 Å². The van der Waals surface area contributed by atoms with E-state index < -0.39 is 23.5 Å². The van der Waals surface area contributed by atoms with Crippen LogP contribution in [-0.4, -0.2) is 66.7 Å². The van der Waals surface area contributed by atoms with Crippen LogP contribution in [0.2, 0.25) is 0 Å². The highest BCUT2D eigenvalue weighted by Gasteiger charge is 2.44. The van der Waals surface area contributed by atoms with Crippen LogP contribution >= 0.6 is 0 Å². The van der Waals surface area contributed by atoms with E-state index in [9.17, 15) is 23.2 Å². The van der Waals surface area contributed by atoms with Crippen LogP contribution in [0.3, 0.4) is 0 Å². The molecule has 0 saturated carbocycles. The van der Waals surface area contributed by atoms with E-state index >= 15 is 0 Å². The van der Waals surface area contributed by atoms with Crippen LogP contribution in [0, 0.1) is 11.6 Å². The number of anilines is 1. The predicted molar refractivity (Wildman–Crippen MR) is 99.7 cm³/mol. The number of halogens is 2. The summed E-state index contributed by atoms with van der Waals surface area (Å²) in [6, 6.07) is 0.665. The molecular formula is C20H22F2N4O3. The molecule has 0 aromatic heterocycles. The lowest BCUT2D eigenvalue weighted by Crippen LogP contribution is -2.52. The van der Waals surface area contributed by atoms with Gasteiger partial charge in [-0.15, -0.1) is 0 Å². The number of amides is 1. The van der Waals surface area contributed by atoms with E-state index in [1.807, 2.05) is 4.90 Å². The summed E-state index contributed by atoms with van der Waals surface area (Å²) in [7, 11) is 0. The molecule has 1 aromatic carbocycles. The van der Waals surface area contributed by atoms with Gasteiger partial charge in [-0.2, -0.15) is 0 Å². The SMILES string of the molecule is O=CC(=O)C1CCC(N2Cc3c(cc(F)c(F)c3N3CC4CC3CN4)C2=O)CN1. The van der Waals surface area contributed by atoms with E-state index in [2.05, 4.69) is 10.6 Å². The quantitative estimate of drug-likeness (QED) is 0.557. The van der Waals surface area contributed by atoms with Gasteiger partial charge in [-0.05, 0) is 25.3 Å². The van der Waals surface area contributed by atoms with Crippen molar-refractivity contribution in [3.63, 3.8) is 0 Å². The number of hydrogen-bond donors (Lipinski definition) is 2. The first-order chi connectivity index (χ1) is 14.0. The van der Waals surface area contributed by atoms with Crippen LogP contribution in [0.4, 0.5) is 14.5 Å². The Morgan fingerprint density at radius 2 is 1.93 bits per heavy atom. The number of aldehydes is 1. The van der Waals surface area contributed by atoms with Gasteiger partial charge >= 0.3 is 0 Å². The summed E-state index contributed by atoms with van der Waals surface area (Å²) in [5.41, 5.74) is 0.996. The van der Waals surface area contributed by atoms with Gasteiger partial charge in [0.1, 0.15) is 0 Å². The number of hydrogen-bond acceptors (Lipinski definition) is 6. The molecule has 4 atom stereocenters. The first-order valence-corrected chi connectivity index (χ1v) is 10.0. The summed E-state index contributed by atoms with van der Waals surface area (Å²) in [5, 5.41) is 6.37. The van der Waals surface area contributed by atoms with Crippen LogP contribution in [0.25, 0.3) is 0 Å². The molecule has 7 nitrogen and oxygen atoms in total. The zero-order chi connectivity index (χ0) is 20.3. The van der Waals surface area contributed by atoms with E-state index in [4.69, 9.17) is 0 Å². The topological polar surface area (TPSA) is 81.8 Å². The van der Waals surface area contributed by atoms with Crippen molar-refractivity contribution >= 4 is 23.7 Å². The van der Waals surface area contributed by atoms with Crippen molar-refractivity contribution in [3.05, 3.63) is 28.8 Å². The second-order valence-corrected chi connectivity index (χ2v) is 8.34. The van der Waals surface area contributed by atoms with Crippen LogP contribution < -0.4 is 15.5 Å². The van der Waals surface area contributed by atoms with E-state index in [1.54, 1.807) is 4.90 Å². The fraction of sp³-hybridized carbons (Fsp3) is 0.550. The Labute approximate surface area is 166 Å². The number of piperazine rings is 1. The molecule has 1 amide bonds. The standard InChI is InChI=1S/C20H22F2N4O3/c21-15-4-13-14(19(18(15)22)25-7-10-3-12(25)6-23-10)8-26(20(13)29)11-1-2-16(24-5-11)17(28)9-27/h4,9-12,16,23-24H,1-3,5-8H2. The number of carbonyl (C=O) groups is 3. The molecule has 3 saturated heterocycles. The van der Waals surface area contributed by atoms with Crippen LogP contribution in [0.15, 0.2) is 6.07 Å². The molecule has 154 valence electrons. The van der Waals surface area contributed by atoms with E-state index in [-0.39, 0.29) is 41.8 Å². The predicted octanol–water partition coefficient (Wildman–Crippen LogP) is 0.360. The average molecular weight is 404 g/mol. The largest absolute Gasteiger partial charge is 0.363 e. The number of carbonyl (C=O) groups excluding carboxylic acids is 3. The lowest BCUT2D eigenvalue weighted by molar-refractivity contribution is -0.131. The number of benzene rings is 1. The molecule has 0 radical (unpaired) electrons. The summed E-state index contributed by atoms with van der Waals surface area (Å²) >= 11 is 0. The second kappa shape index (κ2) is 6.84. The smallest absolute Gasteiger partial charge is 0.254 e. The maximum Gasteiger partial charge on any atom is 0.254 e. The summed E-state index contributed by atoms with van der Waals surface area (Å²) < 4.78 is 29.2. The van der Waals surface area contributed by atoms with Crippen LogP contribution in [-0.2, 0) is 16.1 Å². The van der Waals surface area contributed by atoms with Gasteiger partial charge in [0.05, 0.1) is 11.7 Å². The van der Waals surface area contributed by atoms with Gasteiger partial charge in [-0.25, -0.2) is 8.78 Å². The number of nitrogens with one attached hydrogen (secondary N) is 2. The summed E-state index contributed by atoms with van der Waals surface area (Å²) in [6.45, 7) is 1.92. The highest BCUT2D eigenvalue weighted by Crippen LogP contribution is 2.40. The Balaban J connectivity index is 1.42. The molecule has 0 aliphatic carbocycles. The molecular weight excluding hydrogens is 382 g/mol. The van der Waals surface area contributed by atoms with E-state index in [1.165, 1.54) is 0 Å². The van der Waals surface area contributed by atoms with Gasteiger partial charge in [0.15, 0.2) is 17.9 Å². The van der Waals surface area contributed by atoms with Crippen molar-refractivity contribution in [1.29, 1.82) is 0 Å². The molecule has 29 heavy (non-hydrogen) atoms. The fourth-order valence-corrected chi connectivity index (χ4v) is 5.26. The van der Waals surface area contributed by atoms with E-state index in [0.29, 0.717) is 37.8 Å². The summed E-state index contributed by atoms with van der Waals surface area (Å²) in [6.07, 6.45) is 2.20. The van der Waals surface area contributed by atoms with Gasteiger partial charge in [0.25, 0.3) is 5.91 Å². The monoisotopic (exact) mass is 404 g/mol. The number of nitrogens with zero attached hydrogens (tertiary/aromatic N) is 2. The minimum absolute atomic E-state index is 0.107.